The average Bonchev–Trinajstić information content (AvgIpc) is 2.39. The Morgan fingerprint density at radius 3 is 2.35 bits per heavy atom. The second kappa shape index (κ2) is 6.40. The molecule has 0 bridgehead atoms. The Bertz CT molecular complexity index is 705. The quantitative estimate of drug-likeness (QED) is 0.753. The van der Waals surface area contributed by atoms with Crippen molar-refractivity contribution in [3.05, 3.63) is 61.5 Å². The fourth-order valence-electron chi connectivity index (χ4n) is 1.57. The number of nitriles is 1. The van der Waals surface area contributed by atoms with Crippen molar-refractivity contribution in [3.8, 4) is 6.07 Å². The molecule has 20 heavy (non-hydrogen) atoms. The van der Waals surface area contributed by atoms with Crippen LogP contribution in [0.4, 0.5) is 5.69 Å². The molecule has 2 aromatic carbocycles. The highest BCUT2D eigenvalue weighted by atomic mass is 79.9. The molecule has 0 atom stereocenters. The third-order valence-electron chi connectivity index (χ3n) is 2.47. The molecule has 2 rings (SSSR count). The number of benzene rings is 2. The van der Waals surface area contributed by atoms with Gasteiger partial charge >= 0.3 is 0 Å². The fraction of sp³-hybridized carbons (Fsp3) is 0. The van der Waals surface area contributed by atoms with E-state index in [-0.39, 0.29) is 5.91 Å². The molecule has 0 heterocycles. The highest BCUT2D eigenvalue weighted by Gasteiger charge is 2.10. The van der Waals surface area contributed by atoms with E-state index in [1.807, 2.05) is 12.1 Å². The molecule has 2 aromatic rings. The first-order chi connectivity index (χ1) is 9.49. The van der Waals surface area contributed by atoms with E-state index >= 15 is 0 Å². The molecule has 0 aliphatic rings. The van der Waals surface area contributed by atoms with Crippen LogP contribution in [0.25, 0.3) is 0 Å². The Kier molecular flexibility index (Phi) is 4.81. The third-order valence-corrected chi connectivity index (χ3v) is 3.70. The highest BCUT2D eigenvalue weighted by molar-refractivity contribution is 9.11. The van der Waals surface area contributed by atoms with Crippen molar-refractivity contribution in [2.45, 2.75) is 0 Å². The number of nitrogens with zero attached hydrogens (tertiary/aromatic N) is 1. The summed E-state index contributed by atoms with van der Waals surface area (Å²) in [4.78, 5) is 12.1. The minimum absolute atomic E-state index is 0.279. The van der Waals surface area contributed by atoms with Crippen LogP contribution in [0.3, 0.4) is 0 Å². The summed E-state index contributed by atoms with van der Waals surface area (Å²) in [6.07, 6.45) is 0. The molecule has 0 radical (unpaired) electrons. The maximum atomic E-state index is 12.1. The summed E-state index contributed by atoms with van der Waals surface area (Å²) in [6, 6.07) is 11.9. The SMILES string of the molecule is N#Cc1ccc(NC(=O)c2cc(Br)cc(Br)c2)c(Cl)c1. The monoisotopic (exact) mass is 412 g/mol. The van der Waals surface area contributed by atoms with Gasteiger partial charge in [-0.25, -0.2) is 0 Å². The van der Waals surface area contributed by atoms with Crippen LogP contribution in [-0.4, -0.2) is 5.91 Å². The van der Waals surface area contributed by atoms with E-state index in [4.69, 9.17) is 16.9 Å². The molecule has 3 nitrogen and oxygen atoms in total. The first-order valence-corrected chi connectivity index (χ1v) is 7.43. The zero-order valence-electron chi connectivity index (χ0n) is 9.95. The topological polar surface area (TPSA) is 52.9 Å². The van der Waals surface area contributed by atoms with Crippen LogP contribution in [0, 0.1) is 11.3 Å². The van der Waals surface area contributed by atoms with Crippen LogP contribution in [0.1, 0.15) is 15.9 Å². The average molecular weight is 414 g/mol. The Hall–Kier alpha value is -1.35. The number of amides is 1. The highest BCUT2D eigenvalue weighted by Crippen LogP contribution is 2.25. The van der Waals surface area contributed by atoms with Crippen molar-refractivity contribution in [1.82, 2.24) is 0 Å². The molecule has 0 saturated heterocycles. The minimum Gasteiger partial charge on any atom is -0.321 e. The summed E-state index contributed by atoms with van der Waals surface area (Å²) < 4.78 is 1.59. The second-order valence-electron chi connectivity index (χ2n) is 3.92. The van der Waals surface area contributed by atoms with Gasteiger partial charge in [0.15, 0.2) is 0 Å². The Morgan fingerprint density at radius 2 is 1.80 bits per heavy atom. The number of hydrogen-bond acceptors (Lipinski definition) is 2. The number of hydrogen-bond donors (Lipinski definition) is 1. The van der Waals surface area contributed by atoms with Gasteiger partial charge in [0.1, 0.15) is 0 Å². The van der Waals surface area contributed by atoms with Gasteiger partial charge in [-0.1, -0.05) is 43.5 Å². The lowest BCUT2D eigenvalue weighted by Crippen LogP contribution is -2.12. The molecule has 6 heteroatoms. The fourth-order valence-corrected chi connectivity index (χ4v) is 3.09. The number of nitrogens with one attached hydrogen (secondary N) is 1. The molecule has 100 valence electrons. The molecule has 0 aromatic heterocycles. The Balaban J connectivity index is 2.26. The van der Waals surface area contributed by atoms with E-state index in [2.05, 4.69) is 37.2 Å². The molecule has 1 N–H and O–H groups in total. The lowest BCUT2D eigenvalue weighted by molar-refractivity contribution is 0.102. The third kappa shape index (κ3) is 3.60. The van der Waals surface area contributed by atoms with Crippen molar-refractivity contribution in [2.24, 2.45) is 0 Å². The molecule has 0 unspecified atom stereocenters. The van der Waals surface area contributed by atoms with E-state index in [9.17, 15) is 4.79 Å². The summed E-state index contributed by atoms with van der Waals surface area (Å²) in [7, 11) is 0. The van der Waals surface area contributed by atoms with Crippen LogP contribution < -0.4 is 5.32 Å². The maximum Gasteiger partial charge on any atom is 0.255 e. The standard InChI is InChI=1S/C14H7Br2ClN2O/c15-10-4-9(5-11(16)6-10)14(20)19-13-2-1-8(7-18)3-12(13)17/h1-6H,(H,19,20). The summed E-state index contributed by atoms with van der Waals surface area (Å²) >= 11 is 12.7. The smallest absolute Gasteiger partial charge is 0.255 e. The first-order valence-electron chi connectivity index (χ1n) is 5.46. The van der Waals surface area contributed by atoms with Gasteiger partial charge < -0.3 is 5.32 Å². The van der Waals surface area contributed by atoms with Gasteiger partial charge in [0.05, 0.1) is 22.3 Å². The number of carbonyl (C=O) groups excluding carboxylic acids is 1. The summed E-state index contributed by atoms with van der Waals surface area (Å²) in [5.41, 5.74) is 1.40. The van der Waals surface area contributed by atoms with Gasteiger partial charge in [-0.05, 0) is 36.4 Å². The zero-order chi connectivity index (χ0) is 14.7. The molecule has 0 aliphatic heterocycles. The van der Waals surface area contributed by atoms with Crippen LogP contribution in [0.15, 0.2) is 45.3 Å². The van der Waals surface area contributed by atoms with Crippen molar-refractivity contribution in [1.29, 1.82) is 5.26 Å². The van der Waals surface area contributed by atoms with Crippen molar-refractivity contribution in [3.63, 3.8) is 0 Å². The molecule has 0 aliphatic carbocycles. The molecule has 0 saturated carbocycles. The van der Waals surface area contributed by atoms with Gasteiger partial charge in [0.2, 0.25) is 0 Å². The number of halogens is 3. The zero-order valence-corrected chi connectivity index (χ0v) is 13.9. The maximum absolute atomic E-state index is 12.1. The van der Waals surface area contributed by atoms with Crippen molar-refractivity contribution < 1.29 is 4.79 Å². The number of rotatable bonds is 2. The predicted molar refractivity (Wildman–Crippen MR) is 86.0 cm³/mol. The van der Waals surface area contributed by atoms with E-state index in [0.29, 0.717) is 21.8 Å². The van der Waals surface area contributed by atoms with Crippen LogP contribution in [0.2, 0.25) is 5.02 Å². The van der Waals surface area contributed by atoms with E-state index in [1.165, 1.54) is 6.07 Å². The molecule has 0 fully saturated rings. The van der Waals surface area contributed by atoms with Gasteiger partial charge in [0.25, 0.3) is 5.91 Å². The normalized spacial score (nSPS) is 9.90. The van der Waals surface area contributed by atoms with Crippen LogP contribution >= 0.6 is 43.5 Å². The summed E-state index contributed by atoms with van der Waals surface area (Å²) in [5.74, 6) is -0.279. The van der Waals surface area contributed by atoms with Crippen molar-refractivity contribution >= 4 is 55.1 Å². The summed E-state index contributed by atoms with van der Waals surface area (Å²) in [5, 5.41) is 11.8. The Labute approximate surface area is 137 Å². The Morgan fingerprint density at radius 1 is 1.15 bits per heavy atom. The largest absolute Gasteiger partial charge is 0.321 e. The van der Waals surface area contributed by atoms with Gasteiger partial charge in [-0.2, -0.15) is 5.26 Å². The van der Waals surface area contributed by atoms with E-state index in [0.717, 1.165) is 8.95 Å². The van der Waals surface area contributed by atoms with E-state index in [1.54, 1.807) is 24.3 Å². The van der Waals surface area contributed by atoms with E-state index < -0.39 is 0 Å². The molecular weight excluding hydrogens is 407 g/mol. The lowest BCUT2D eigenvalue weighted by atomic mass is 10.2. The molecule has 1 amide bonds. The summed E-state index contributed by atoms with van der Waals surface area (Å²) in [6.45, 7) is 0. The van der Waals surface area contributed by atoms with Crippen LogP contribution in [-0.2, 0) is 0 Å². The van der Waals surface area contributed by atoms with Gasteiger partial charge in [-0.15, -0.1) is 0 Å². The number of anilines is 1. The second-order valence-corrected chi connectivity index (χ2v) is 6.16. The number of carbonyl (C=O) groups is 1. The molecular formula is C14H7Br2ClN2O. The van der Waals surface area contributed by atoms with Gasteiger partial charge in [-0.3, -0.25) is 4.79 Å². The van der Waals surface area contributed by atoms with Crippen LogP contribution in [0.5, 0.6) is 0 Å². The minimum atomic E-state index is -0.279. The predicted octanol–water partition coefficient (Wildman–Crippen LogP) is 4.99. The lowest BCUT2D eigenvalue weighted by Gasteiger charge is -2.08. The van der Waals surface area contributed by atoms with Crippen molar-refractivity contribution in [2.75, 3.05) is 5.32 Å². The van der Waals surface area contributed by atoms with Gasteiger partial charge in [0, 0.05) is 14.5 Å². The molecule has 0 spiro atoms. The first kappa shape index (κ1) is 15.0.